The van der Waals surface area contributed by atoms with Crippen LogP contribution in [0.4, 0.5) is 11.4 Å². The van der Waals surface area contributed by atoms with Crippen molar-refractivity contribution in [3.05, 3.63) is 98.1 Å². The van der Waals surface area contributed by atoms with E-state index in [-0.39, 0.29) is 36.1 Å². The SMILES string of the molecule is O=[N+]([O-])c1ccc(COc2ccc(O)c(OCc3ccc([N+](=O)[O-])cc3)c2)cc1. The Kier molecular flexibility index (Phi) is 5.88. The molecule has 9 heteroatoms. The van der Waals surface area contributed by atoms with Crippen molar-refractivity contribution in [2.75, 3.05) is 0 Å². The first-order valence-corrected chi connectivity index (χ1v) is 8.47. The molecule has 0 atom stereocenters. The third kappa shape index (κ3) is 5.19. The van der Waals surface area contributed by atoms with Crippen LogP contribution in [0.1, 0.15) is 11.1 Å². The molecule has 0 saturated heterocycles. The fourth-order valence-electron chi connectivity index (χ4n) is 2.46. The van der Waals surface area contributed by atoms with Gasteiger partial charge in [0.1, 0.15) is 19.0 Å². The molecule has 0 aliphatic rings. The first-order valence-electron chi connectivity index (χ1n) is 8.47. The topological polar surface area (TPSA) is 125 Å². The monoisotopic (exact) mass is 396 g/mol. The van der Waals surface area contributed by atoms with Gasteiger partial charge in [-0.1, -0.05) is 0 Å². The molecule has 3 rings (SSSR count). The van der Waals surface area contributed by atoms with Crippen LogP contribution in [0.3, 0.4) is 0 Å². The lowest BCUT2D eigenvalue weighted by molar-refractivity contribution is -0.385. The molecule has 3 aromatic carbocycles. The summed E-state index contributed by atoms with van der Waals surface area (Å²) in [6.07, 6.45) is 0. The van der Waals surface area contributed by atoms with Gasteiger partial charge in [-0.3, -0.25) is 20.2 Å². The molecular formula is C20H16N2O7. The third-order valence-corrected chi connectivity index (χ3v) is 4.03. The number of benzene rings is 3. The Bertz CT molecular complexity index is 1020. The Balaban J connectivity index is 1.61. The lowest BCUT2D eigenvalue weighted by Crippen LogP contribution is -1.99. The van der Waals surface area contributed by atoms with Crippen molar-refractivity contribution >= 4 is 11.4 Å². The highest BCUT2D eigenvalue weighted by atomic mass is 16.6. The third-order valence-electron chi connectivity index (χ3n) is 4.03. The summed E-state index contributed by atoms with van der Waals surface area (Å²) in [5.74, 6) is 0.569. The second-order valence-electron chi connectivity index (χ2n) is 6.05. The molecule has 29 heavy (non-hydrogen) atoms. The van der Waals surface area contributed by atoms with E-state index in [4.69, 9.17) is 9.47 Å². The molecule has 0 radical (unpaired) electrons. The Morgan fingerprint density at radius 1 is 0.724 bits per heavy atom. The van der Waals surface area contributed by atoms with Gasteiger partial charge in [0.2, 0.25) is 0 Å². The first kappa shape index (κ1) is 19.6. The lowest BCUT2D eigenvalue weighted by atomic mass is 10.2. The summed E-state index contributed by atoms with van der Waals surface area (Å²) in [6.45, 7) is 0.294. The number of non-ortho nitro benzene ring substituents is 2. The van der Waals surface area contributed by atoms with E-state index in [9.17, 15) is 25.3 Å². The van der Waals surface area contributed by atoms with Crippen LogP contribution >= 0.6 is 0 Å². The van der Waals surface area contributed by atoms with E-state index >= 15 is 0 Å². The second kappa shape index (κ2) is 8.70. The lowest BCUT2D eigenvalue weighted by Gasteiger charge is -2.11. The van der Waals surface area contributed by atoms with Crippen molar-refractivity contribution in [3.63, 3.8) is 0 Å². The summed E-state index contributed by atoms with van der Waals surface area (Å²) in [5.41, 5.74) is 1.43. The molecule has 1 N–H and O–H groups in total. The zero-order valence-corrected chi connectivity index (χ0v) is 15.1. The van der Waals surface area contributed by atoms with Crippen LogP contribution in [0.2, 0.25) is 0 Å². The minimum Gasteiger partial charge on any atom is -0.504 e. The van der Waals surface area contributed by atoms with Gasteiger partial charge in [-0.05, 0) is 47.5 Å². The van der Waals surface area contributed by atoms with Crippen LogP contribution in [-0.4, -0.2) is 15.0 Å². The molecule has 148 valence electrons. The van der Waals surface area contributed by atoms with Gasteiger partial charge in [-0.2, -0.15) is 0 Å². The van der Waals surface area contributed by atoms with E-state index in [1.165, 1.54) is 36.4 Å². The molecule has 0 amide bonds. The smallest absolute Gasteiger partial charge is 0.269 e. The van der Waals surface area contributed by atoms with Crippen molar-refractivity contribution in [2.45, 2.75) is 13.2 Å². The van der Waals surface area contributed by atoms with Gasteiger partial charge in [-0.15, -0.1) is 0 Å². The highest BCUT2D eigenvalue weighted by molar-refractivity contribution is 5.45. The van der Waals surface area contributed by atoms with Gasteiger partial charge in [0, 0.05) is 30.3 Å². The molecule has 0 aromatic heterocycles. The fourth-order valence-corrected chi connectivity index (χ4v) is 2.46. The normalized spacial score (nSPS) is 10.3. The van der Waals surface area contributed by atoms with E-state index in [0.29, 0.717) is 11.3 Å². The molecule has 0 heterocycles. The quantitative estimate of drug-likeness (QED) is 0.443. The highest BCUT2D eigenvalue weighted by Gasteiger charge is 2.09. The maximum Gasteiger partial charge on any atom is 0.269 e. The van der Waals surface area contributed by atoms with Crippen LogP contribution in [0.15, 0.2) is 66.7 Å². The molecule has 0 bridgehead atoms. The first-order chi connectivity index (χ1) is 13.9. The average Bonchev–Trinajstić information content (AvgIpc) is 2.72. The number of phenols is 1. The van der Waals surface area contributed by atoms with Crippen molar-refractivity contribution in [1.82, 2.24) is 0 Å². The van der Waals surface area contributed by atoms with Gasteiger partial charge in [-0.25, -0.2) is 0 Å². The van der Waals surface area contributed by atoms with E-state index in [2.05, 4.69) is 0 Å². The van der Waals surface area contributed by atoms with Crippen LogP contribution in [0.25, 0.3) is 0 Å². The Morgan fingerprint density at radius 3 is 1.69 bits per heavy atom. The van der Waals surface area contributed by atoms with E-state index in [1.807, 2.05) is 0 Å². The molecule has 3 aromatic rings. The number of hydrogen-bond donors (Lipinski definition) is 1. The predicted octanol–water partition coefficient (Wildman–Crippen LogP) is 4.37. The molecule has 0 unspecified atom stereocenters. The van der Waals surface area contributed by atoms with Crippen LogP contribution in [-0.2, 0) is 13.2 Å². The Morgan fingerprint density at radius 2 is 1.21 bits per heavy atom. The van der Waals surface area contributed by atoms with E-state index < -0.39 is 9.85 Å². The number of rotatable bonds is 8. The van der Waals surface area contributed by atoms with Gasteiger partial charge < -0.3 is 14.6 Å². The predicted molar refractivity (Wildman–Crippen MR) is 103 cm³/mol. The summed E-state index contributed by atoms with van der Waals surface area (Å²) in [5, 5.41) is 31.3. The molecule has 0 aliphatic carbocycles. The van der Waals surface area contributed by atoms with Crippen LogP contribution < -0.4 is 9.47 Å². The van der Waals surface area contributed by atoms with Gasteiger partial charge in [0.25, 0.3) is 11.4 Å². The number of aromatic hydroxyl groups is 1. The van der Waals surface area contributed by atoms with Gasteiger partial charge in [0.15, 0.2) is 11.5 Å². The number of nitro groups is 2. The van der Waals surface area contributed by atoms with Crippen molar-refractivity contribution in [3.8, 4) is 17.2 Å². The van der Waals surface area contributed by atoms with Gasteiger partial charge >= 0.3 is 0 Å². The number of nitro benzene ring substituents is 2. The molecule has 0 spiro atoms. The average molecular weight is 396 g/mol. The standard InChI is InChI=1S/C20H16N2O7/c23-19-10-9-18(28-12-14-1-5-16(6-2-14)21(24)25)11-20(19)29-13-15-3-7-17(8-4-15)22(26)27/h1-11,23H,12-13H2. The zero-order chi connectivity index (χ0) is 20.8. The minimum atomic E-state index is -0.484. The summed E-state index contributed by atoms with van der Waals surface area (Å²) in [7, 11) is 0. The van der Waals surface area contributed by atoms with Gasteiger partial charge in [0.05, 0.1) is 9.85 Å². The maximum absolute atomic E-state index is 10.7. The van der Waals surface area contributed by atoms with Crippen molar-refractivity contribution < 1.29 is 24.4 Å². The number of nitrogens with zero attached hydrogens (tertiary/aromatic N) is 2. The molecular weight excluding hydrogens is 380 g/mol. The zero-order valence-electron chi connectivity index (χ0n) is 15.1. The van der Waals surface area contributed by atoms with E-state index in [0.717, 1.165) is 5.56 Å². The highest BCUT2D eigenvalue weighted by Crippen LogP contribution is 2.31. The summed E-state index contributed by atoms with van der Waals surface area (Å²) >= 11 is 0. The summed E-state index contributed by atoms with van der Waals surface area (Å²) in [6, 6.07) is 16.4. The fraction of sp³-hybridized carbons (Fsp3) is 0.100. The second-order valence-corrected chi connectivity index (χ2v) is 6.05. The van der Waals surface area contributed by atoms with Crippen molar-refractivity contribution in [1.29, 1.82) is 0 Å². The Hall–Kier alpha value is -4.14. The summed E-state index contributed by atoms with van der Waals surface area (Å²) in [4.78, 5) is 20.4. The molecule has 0 aliphatic heterocycles. The van der Waals surface area contributed by atoms with E-state index in [1.54, 1.807) is 30.3 Å². The maximum atomic E-state index is 10.7. The molecule has 9 nitrogen and oxygen atoms in total. The van der Waals surface area contributed by atoms with Crippen molar-refractivity contribution in [2.24, 2.45) is 0 Å². The largest absolute Gasteiger partial charge is 0.504 e. The summed E-state index contributed by atoms with van der Waals surface area (Å²) < 4.78 is 11.2. The molecule has 0 saturated carbocycles. The number of hydrogen-bond acceptors (Lipinski definition) is 7. The van der Waals surface area contributed by atoms with Crippen LogP contribution in [0.5, 0.6) is 17.2 Å². The number of ether oxygens (including phenoxy) is 2. The minimum absolute atomic E-state index is 0.000291. The Labute approximate surface area is 165 Å². The molecule has 0 fully saturated rings. The van der Waals surface area contributed by atoms with Crippen LogP contribution in [0, 0.1) is 20.2 Å². The number of phenolic OH excluding ortho intramolecular Hbond substituents is 1.